The van der Waals surface area contributed by atoms with Crippen molar-refractivity contribution < 1.29 is 0 Å². The Kier molecular flexibility index (Phi) is 3.24. The topological polar surface area (TPSA) is 69.2 Å². The molecule has 0 spiro atoms. The maximum atomic E-state index is 12.4. The lowest BCUT2D eigenvalue weighted by Crippen LogP contribution is -2.33. The summed E-state index contributed by atoms with van der Waals surface area (Å²) in [5.74, 6) is 0.481. The molecule has 1 fully saturated rings. The third-order valence-electron chi connectivity index (χ3n) is 3.67. The molecule has 0 atom stereocenters. The van der Waals surface area contributed by atoms with E-state index in [2.05, 4.69) is 20.0 Å². The molecule has 0 amide bonds. The minimum atomic E-state index is -0.0552. The van der Waals surface area contributed by atoms with Crippen LogP contribution in [0.3, 0.4) is 0 Å². The van der Waals surface area contributed by atoms with Crippen LogP contribution in [0.5, 0.6) is 0 Å². The summed E-state index contributed by atoms with van der Waals surface area (Å²) < 4.78 is 1.72. The molecule has 0 saturated carbocycles. The van der Waals surface area contributed by atoms with Crippen molar-refractivity contribution in [3.05, 3.63) is 26.4 Å². The van der Waals surface area contributed by atoms with Gasteiger partial charge in [-0.25, -0.2) is 0 Å². The van der Waals surface area contributed by atoms with Crippen LogP contribution in [0.2, 0.25) is 0 Å². The van der Waals surface area contributed by atoms with Crippen molar-refractivity contribution in [1.29, 1.82) is 0 Å². The molecule has 0 radical (unpaired) electrons. The molecule has 0 aromatic carbocycles. The van der Waals surface area contributed by atoms with Gasteiger partial charge in [-0.3, -0.25) is 14.8 Å². The fourth-order valence-electron chi connectivity index (χ4n) is 2.62. The van der Waals surface area contributed by atoms with Gasteiger partial charge in [0.2, 0.25) is 10.5 Å². The van der Waals surface area contributed by atoms with E-state index in [4.69, 9.17) is 12.2 Å². The fraction of sp³-hybridized carbons (Fsp3) is 0.583. The van der Waals surface area contributed by atoms with E-state index in [1.54, 1.807) is 0 Å². The Morgan fingerprint density at radius 1 is 1.32 bits per heavy atom. The summed E-state index contributed by atoms with van der Waals surface area (Å²) in [6.45, 7) is 4.74. The van der Waals surface area contributed by atoms with Gasteiger partial charge < -0.3 is 4.98 Å². The van der Waals surface area contributed by atoms with Gasteiger partial charge in [0.1, 0.15) is 0 Å². The number of piperidine rings is 1. The number of nitrogens with zero attached hydrogens (tertiary/aromatic N) is 3. The summed E-state index contributed by atoms with van der Waals surface area (Å²) >= 11 is 4.96. The van der Waals surface area contributed by atoms with E-state index in [-0.39, 0.29) is 5.56 Å². The standard InChI is InChI=1S/C12H17N5OS/c1-8-9(7-16-5-3-2-4-6-16)10(18)17-11(13-8)14-12(19)15-17/h2-7H2,1H3,(H2,13,14,15,19). The number of H-pyrrole nitrogens is 2. The number of hydrogen-bond acceptors (Lipinski definition) is 4. The van der Waals surface area contributed by atoms with Crippen LogP contribution in [0.25, 0.3) is 5.78 Å². The average molecular weight is 279 g/mol. The maximum absolute atomic E-state index is 12.4. The molecule has 1 aliphatic heterocycles. The number of aromatic nitrogens is 4. The lowest BCUT2D eigenvalue weighted by molar-refractivity contribution is 0.219. The molecule has 1 saturated heterocycles. The predicted molar refractivity (Wildman–Crippen MR) is 74.9 cm³/mol. The monoisotopic (exact) mass is 279 g/mol. The smallest absolute Gasteiger partial charge is 0.278 e. The zero-order valence-electron chi connectivity index (χ0n) is 10.9. The fourth-order valence-corrected chi connectivity index (χ4v) is 2.79. The first-order chi connectivity index (χ1) is 9.15. The molecule has 0 bridgehead atoms. The Hall–Kier alpha value is -1.47. The molecule has 0 aliphatic carbocycles. The minimum absolute atomic E-state index is 0.0552. The average Bonchev–Trinajstić information content (AvgIpc) is 2.76. The van der Waals surface area contributed by atoms with Crippen LogP contribution in [0.15, 0.2) is 4.79 Å². The van der Waals surface area contributed by atoms with E-state index in [1.807, 2.05) is 6.92 Å². The van der Waals surface area contributed by atoms with E-state index in [1.165, 1.54) is 23.8 Å². The Balaban J connectivity index is 2.02. The Morgan fingerprint density at radius 3 is 2.79 bits per heavy atom. The summed E-state index contributed by atoms with van der Waals surface area (Å²) in [4.78, 5) is 22.0. The van der Waals surface area contributed by atoms with Gasteiger partial charge in [0.25, 0.3) is 5.56 Å². The van der Waals surface area contributed by atoms with Crippen LogP contribution in [0.1, 0.15) is 30.5 Å². The molecule has 19 heavy (non-hydrogen) atoms. The van der Waals surface area contributed by atoms with Gasteiger partial charge in [0.15, 0.2) is 0 Å². The molecule has 2 N–H and O–H groups in total. The third-order valence-corrected chi connectivity index (χ3v) is 3.85. The molecule has 6 nitrogen and oxygen atoms in total. The van der Waals surface area contributed by atoms with Crippen LogP contribution in [-0.4, -0.2) is 37.6 Å². The van der Waals surface area contributed by atoms with Gasteiger partial charge in [-0.2, -0.15) is 9.50 Å². The highest BCUT2D eigenvalue weighted by molar-refractivity contribution is 7.71. The number of hydrogen-bond donors (Lipinski definition) is 2. The van der Waals surface area contributed by atoms with E-state index in [0.717, 1.165) is 24.3 Å². The SMILES string of the molecule is Cc1[nH]c2nc(=S)[nH]n2c(=O)c1CN1CCCCC1. The van der Waals surface area contributed by atoms with Crippen LogP contribution in [-0.2, 0) is 6.54 Å². The molecule has 3 heterocycles. The second-order valence-corrected chi connectivity index (χ2v) is 5.44. The zero-order valence-corrected chi connectivity index (χ0v) is 11.7. The van der Waals surface area contributed by atoms with Crippen molar-refractivity contribution in [2.75, 3.05) is 13.1 Å². The van der Waals surface area contributed by atoms with Crippen LogP contribution in [0, 0.1) is 11.7 Å². The summed E-state index contributed by atoms with van der Waals surface area (Å²) in [6.07, 6.45) is 3.72. The molecular formula is C12H17N5OS. The lowest BCUT2D eigenvalue weighted by Gasteiger charge is -2.26. The predicted octanol–water partition coefficient (Wildman–Crippen LogP) is 1.37. The normalized spacial score (nSPS) is 17.1. The third kappa shape index (κ3) is 2.35. The highest BCUT2D eigenvalue weighted by atomic mass is 32.1. The highest BCUT2D eigenvalue weighted by Crippen LogP contribution is 2.12. The van der Waals surface area contributed by atoms with Crippen molar-refractivity contribution in [1.82, 2.24) is 24.5 Å². The highest BCUT2D eigenvalue weighted by Gasteiger charge is 2.16. The first-order valence-corrected chi connectivity index (χ1v) is 6.99. The van der Waals surface area contributed by atoms with Crippen LogP contribution in [0.4, 0.5) is 0 Å². The first-order valence-electron chi connectivity index (χ1n) is 6.58. The molecule has 0 unspecified atom stereocenters. The molecule has 2 aromatic heterocycles. The molecule has 3 rings (SSSR count). The van der Waals surface area contributed by atoms with Crippen molar-refractivity contribution in [2.45, 2.75) is 32.7 Å². The quantitative estimate of drug-likeness (QED) is 0.815. The number of rotatable bonds is 2. The van der Waals surface area contributed by atoms with Gasteiger partial charge >= 0.3 is 0 Å². The zero-order chi connectivity index (χ0) is 13.4. The van der Waals surface area contributed by atoms with Gasteiger partial charge in [-0.15, -0.1) is 0 Å². The minimum Gasteiger partial charge on any atom is -0.327 e. The van der Waals surface area contributed by atoms with Crippen molar-refractivity contribution in [3.63, 3.8) is 0 Å². The summed E-state index contributed by atoms with van der Waals surface area (Å²) in [5, 5.41) is 2.79. The van der Waals surface area contributed by atoms with Crippen molar-refractivity contribution in [2.24, 2.45) is 0 Å². The molecular weight excluding hydrogens is 262 g/mol. The lowest BCUT2D eigenvalue weighted by atomic mass is 10.1. The van der Waals surface area contributed by atoms with Crippen LogP contribution < -0.4 is 5.56 Å². The van der Waals surface area contributed by atoms with E-state index in [0.29, 0.717) is 17.1 Å². The van der Waals surface area contributed by atoms with Gasteiger partial charge in [0, 0.05) is 12.2 Å². The Morgan fingerprint density at radius 2 is 2.05 bits per heavy atom. The number of likely N-dealkylation sites (tertiary alicyclic amines) is 1. The second kappa shape index (κ2) is 4.90. The van der Waals surface area contributed by atoms with E-state index >= 15 is 0 Å². The largest absolute Gasteiger partial charge is 0.327 e. The summed E-state index contributed by atoms with van der Waals surface area (Å²) in [5.41, 5.74) is 1.61. The number of aromatic amines is 2. The van der Waals surface area contributed by atoms with Crippen LogP contribution >= 0.6 is 12.2 Å². The number of aryl methyl sites for hydroxylation is 1. The molecule has 1 aliphatic rings. The summed E-state index contributed by atoms with van der Waals surface area (Å²) in [6, 6.07) is 0. The van der Waals surface area contributed by atoms with Gasteiger partial charge in [-0.1, -0.05) is 6.42 Å². The first kappa shape index (κ1) is 12.6. The number of fused-ring (bicyclic) bond motifs is 1. The Labute approximate surface area is 115 Å². The van der Waals surface area contributed by atoms with Crippen molar-refractivity contribution >= 4 is 18.0 Å². The van der Waals surface area contributed by atoms with Gasteiger partial charge in [-0.05, 0) is 45.1 Å². The van der Waals surface area contributed by atoms with E-state index in [9.17, 15) is 4.79 Å². The molecule has 7 heteroatoms. The Bertz CT molecular complexity index is 707. The molecule has 2 aromatic rings. The second-order valence-electron chi connectivity index (χ2n) is 5.06. The van der Waals surface area contributed by atoms with Crippen molar-refractivity contribution in [3.8, 4) is 0 Å². The summed E-state index contributed by atoms with van der Waals surface area (Å²) in [7, 11) is 0. The van der Waals surface area contributed by atoms with Gasteiger partial charge in [0.05, 0.1) is 5.56 Å². The number of nitrogens with one attached hydrogen (secondary N) is 2. The molecule has 102 valence electrons. The maximum Gasteiger partial charge on any atom is 0.278 e. The van der Waals surface area contributed by atoms with E-state index < -0.39 is 0 Å².